The van der Waals surface area contributed by atoms with E-state index in [2.05, 4.69) is 16.9 Å². The second kappa shape index (κ2) is 9.86. The van der Waals surface area contributed by atoms with Crippen LogP contribution in [0.4, 0.5) is 10.1 Å². The first-order valence-corrected chi connectivity index (χ1v) is 10.3. The Hall–Kier alpha value is -3.71. The summed E-state index contributed by atoms with van der Waals surface area (Å²) in [4.78, 5) is 17.3. The minimum atomic E-state index is -0.621. The monoisotopic (exact) mass is 435 g/mol. The van der Waals surface area contributed by atoms with E-state index in [0.29, 0.717) is 27.6 Å². The maximum absolute atomic E-state index is 14.6. The third-order valence-corrected chi connectivity index (χ3v) is 5.44. The maximum atomic E-state index is 14.6. The number of aromatic nitrogens is 1. The molecule has 158 valence electrons. The molecule has 2 aromatic carbocycles. The highest BCUT2D eigenvalue weighted by molar-refractivity contribution is 7.17. The smallest absolute Gasteiger partial charge is 0.267 e. The Morgan fingerprint density at radius 3 is 2.61 bits per heavy atom. The van der Waals surface area contributed by atoms with Crippen LogP contribution in [0.1, 0.15) is 23.5 Å². The number of carbonyl (C=O) groups excluding carboxylic acids is 1. The quantitative estimate of drug-likeness (QED) is 0.358. The molecular formula is C24H22FN3O2S. The molecular weight excluding hydrogens is 413 g/mol. The minimum absolute atomic E-state index is 0.0100. The molecule has 0 saturated carbocycles. The second-order valence-electron chi connectivity index (χ2n) is 6.67. The zero-order valence-electron chi connectivity index (χ0n) is 17.2. The molecule has 0 saturated heterocycles. The predicted octanol–water partition coefficient (Wildman–Crippen LogP) is 5.90. The standard InChI is InChI=1S/C24H22FN3O2S/c1-4-8-20(15(2)16(3)26)30-21-12-11-18(13-19(21)25)28-23(29)22-14-27-24(31-22)17-9-6-5-7-10-17/h4-14H,1,26H2,2-3H3,(H,28,29)/b16-15+,20-8+. The van der Waals surface area contributed by atoms with Gasteiger partial charge in [0.1, 0.15) is 15.6 Å². The molecule has 1 heterocycles. The van der Waals surface area contributed by atoms with Crippen molar-refractivity contribution >= 4 is 22.9 Å². The zero-order valence-corrected chi connectivity index (χ0v) is 18.0. The van der Waals surface area contributed by atoms with Gasteiger partial charge in [-0.1, -0.05) is 43.0 Å². The van der Waals surface area contributed by atoms with Crippen molar-refractivity contribution in [2.75, 3.05) is 5.32 Å². The number of carbonyl (C=O) groups is 1. The summed E-state index contributed by atoms with van der Waals surface area (Å²) in [5.41, 5.74) is 8.28. The lowest BCUT2D eigenvalue weighted by Gasteiger charge is -2.13. The fourth-order valence-corrected chi connectivity index (χ4v) is 3.42. The Labute approximate surface area is 184 Å². The number of ether oxygens (including phenoxy) is 1. The Morgan fingerprint density at radius 2 is 1.97 bits per heavy atom. The number of hydrogen-bond acceptors (Lipinski definition) is 5. The van der Waals surface area contributed by atoms with E-state index in [-0.39, 0.29) is 11.7 Å². The summed E-state index contributed by atoms with van der Waals surface area (Å²) in [5.74, 6) is -0.582. The molecule has 0 bridgehead atoms. The highest BCUT2D eigenvalue weighted by atomic mass is 32.1. The average Bonchev–Trinajstić information content (AvgIpc) is 3.25. The number of benzene rings is 2. The summed E-state index contributed by atoms with van der Waals surface area (Å²) in [6.45, 7) is 7.14. The molecule has 3 aromatic rings. The number of hydrogen-bond donors (Lipinski definition) is 2. The molecule has 1 aromatic heterocycles. The normalized spacial score (nSPS) is 12.2. The van der Waals surface area contributed by atoms with Gasteiger partial charge in [-0.2, -0.15) is 0 Å². The van der Waals surface area contributed by atoms with Gasteiger partial charge in [0.15, 0.2) is 11.6 Å². The van der Waals surface area contributed by atoms with Crippen LogP contribution in [0, 0.1) is 5.82 Å². The molecule has 0 atom stereocenters. The lowest BCUT2D eigenvalue weighted by molar-refractivity contribution is 0.103. The Bertz CT molecular complexity index is 1160. The molecule has 0 aliphatic carbocycles. The van der Waals surface area contributed by atoms with Crippen molar-refractivity contribution in [2.45, 2.75) is 13.8 Å². The van der Waals surface area contributed by atoms with Crippen molar-refractivity contribution in [1.82, 2.24) is 4.98 Å². The Balaban J connectivity index is 1.74. The number of nitrogens with one attached hydrogen (secondary N) is 1. The number of thiazole rings is 1. The van der Waals surface area contributed by atoms with Crippen LogP contribution in [0.5, 0.6) is 5.75 Å². The summed E-state index contributed by atoms with van der Waals surface area (Å²) < 4.78 is 20.3. The van der Waals surface area contributed by atoms with Gasteiger partial charge in [0, 0.05) is 28.6 Å². The van der Waals surface area contributed by atoms with Gasteiger partial charge in [0.05, 0.1) is 6.20 Å². The van der Waals surface area contributed by atoms with Gasteiger partial charge in [-0.15, -0.1) is 11.3 Å². The second-order valence-corrected chi connectivity index (χ2v) is 7.70. The van der Waals surface area contributed by atoms with E-state index >= 15 is 0 Å². The number of rotatable bonds is 7. The van der Waals surface area contributed by atoms with Crippen LogP contribution in [0.25, 0.3) is 10.6 Å². The molecule has 1 amide bonds. The van der Waals surface area contributed by atoms with E-state index in [4.69, 9.17) is 10.5 Å². The zero-order chi connectivity index (χ0) is 22.4. The number of allylic oxidation sites excluding steroid dienone is 4. The fraction of sp³-hybridized carbons (Fsp3) is 0.0833. The molecule has 0 aliphatic rings. The van der Waals surface area contributed by atoms with Gasteiger partial charge >= 0.3 is 0 Å². The van der Waals surface area contributed by atoms with Crippen molar-refractivity contribution in [3.63, 3.8) is 0 Å². The van der Waals surface area contributed by atoms with Crippen LogP contribution >= 0.6 is 11.3 Å². The summed E-state index contributed by atoms with van der Waals surface area (Å²) in [6.07, 6.45) is 4.65. The van der Waals surface area contributed by atoms with Crippen molar-refractivity contribution in [3.05, 3.63) is 101 Å². The molecule has 5 nitrogen and oxygen atoms in total. The van der Waals surface area contributed by atoms with E-state index < -0.39 is 5.82 Å². The van der Waals surface area contributed by atoms with Gasteiger partial charge in [0.25, 0.3) is 5.91 Å². The molecule has 0 fully saturated rings. The van der Waals surface area contributed by atoms with E-state index in [0.717, 1.165) is 10.6 Å². The van der Waals surface area contributed by atoms with Crippen molar-refractivity contribution in [2.24, 2.45) is 5.73 Å². The third-order valence-electron chi connectivity index (χ3n) is 4.39. The van der Waals surface area contributed by atoms with Gasteiger partial charge in [-0.05, 0) is 32.1 Å². The van der Waals surface area contributed by atoms with Crippen LogP contribution in [0.2, 0.25) is 0 Å². The van der Waals surface area contributed by atoms with E-state index in [1.54, 1.807) is 26.0 Å². The lowest BCUT2D eigenvalue weighted by Crippen LogP contribution is -2.10. The molecule has 3 N–H and O–H groups in total. The van der Waals surface area contributed by atoms with Crippen LogP contribution in [0.15, 0.2) is 90.5 Å². The van der Waals surface area contributed by atoms with Gasteiger partial charge in [-0.25, -0.2) is 9.37 Å². The van der Waals surface area contributed by atoms with Crippen molar-refractivity contribution in [3.8, 4) is 16.3 Å². The highest BCUT2D eigenvalue weighted by Gasteiger charge is 2.14. The largest absolute Gasteiger partial charge is 0.454 e. The van der Waals surface area contributed by atoms with Gasteiger partial charge in [0.2, 0.25) is 0 Å². The molecule has 31 heavy (non-hydrogen) atoms. The van der Waals surface area contributed by atoms with Crippen LogP contribution in [-0.2, 0) is 0 Å². The number of nitrogens with zero attached hydrogens (tertiary/aromatic N) is 1. The summed E-state index contributed by atoms with van der Waals surface area (Å²) in [6, 6.07) is 13.8. The SMILES string of the molecule is C=C/C=C(Oc1ccc(NC(=O)c2cnc(-c3ccccc3)s2)cc1F)\C(C)=C(/C)N. The first-order chi connectivity index (χ1) is 14.9. The minimum Gasteiger partial charge on any atom is -0.454 e. The van der Waals surface area contributed by atoms with E-state index in [1.165, 1.54) is 35.7 Å². The molecule has 3 rings (SSSR count). The summed E-state index contributed by atoms with van der Waals surface area (Å²) in [7, 11) is 0. The highest BCUT2D eigenvalue weighted by Crippen LogP contribution is 2.28. The molecule has 7 heteroatoms. The van der Waals surface area contributed by atoms with Crippen LogP contribution in [-0.4, -0.2) is 10.9 Å². The molecule has 0 spiro atoms. The third kappa shape index (κ3) is 5.46. The average molecular weight is 436 g/mol. The van der Waals surface area contributed by atoms with Gasteiger partial charge in [-0.3, -0.25) is 4.79 Å². The lowest BCUT2D eigenvalue weighted by atomic mass is 10.2. The Morgan fingerprint density at radius 1 is 1.23 bits per heavy atom. The molecule has 0 radical (unpaired) electrons. The predicted molar refractivity (Wildman–Crippen MR) is 123 cm³/mol. The number of nitrogens with two attached hydrogens (primary N) is 1. The summed E-state index contributed by atoms with van der Waals surface area (Å²) in [5, 5.41) is 3.42. The fourth-order valence-electron chi connectivity index (χ4n) is 2.60. The van der Waals surface area contributed by atoms with E-state index in [1.807, 2.05) is 30.3 Å². The maximum Gasteiger partial charge on any atom is 0.267 e. The number of halogens is 1. The first-order valence-electron chi connectivity index (χ1n) is 9.45. The van der Waals surface area contributed by atoms with Crippen molar-refractivity contribution < 1.29 is 13.9 Å². The molecule has 0 aliphatic heterocycles. The van der Waals surface area contributed by atoms with Crippen LogP contribution in [0.3, 0.4) is 0 Å². The first kappa shape index (κ1) is 22.0. The van der Waals surface area contributed by atoms with Gasteiger partial charge < -0.3 is 15.8 Å². The molecule has 0 unspecified atom stereocenters. The summed E-state index contributed by atoms with van der Waals surface area (Å²) >= 11 is 1.27. The number of amides is 1. The Kier molecular flexibility index (Phi) is 6.99. The van der Waals surface area contributed by atoms with E-state index in [9.17, 15) is 9.18 Å². The topological polar surface area (TPSA) is 77.2 Å². The number of anilines is 1. The van der Waals surface area contributed by atoms with Crippen molar-refractivity contribution in [1.29, 1.82) is 0 Å². The van der Waals surface area contributed by atoms with Crippen LogP contribution < -0.4 is 15.8 Å².